The number of alkyl halides is 3. The van der Waals surface area contributed by atoms with Crippen molar-refractivity contribution in [1.29, 1.82) is 0 Å². The third-order valence-corrected chi connectivity index (χ3v) is 4.28. The van der Waals surface area contributed by atoms with Crippen LogP contribution in [-0.4, -0.2) is 38.0 Å². The molecule has 2 heterocycles. The van der Waals surface area contributed by atoms with Crippen LogP contribution in [0, 0.1) is 0 Å². The molecular formula is C17H16F3N5O2. The van der Waals surface area contributed by atoms with E-state index < -0.39 is 18.0 Å². The van der Waals surface area contributed by atoms with Crippen LogP contribution < -0.4 is 5.32 Å². The van der Waals surface area contributed by atoms with Crippen LogP contribution in [0.15, 0.2) is 36.9 Å². The molecule has 1 N–H and O–H groups in total. The van der Waals surface area contributed by atoms with E-state index in [1.165, 1.54) is 17.0 Å². The maximum Gasteiger partial charge on any atom is 0.451 e. The van der Waals surface area contributed by atoms with Gasteiger partial charge in [0.15, 0.2) is 5.82 Å². The number of aromatic nitrogens is 3. The van der Waals surface area contributed by atoms with E-state index in [4.69, 9.17) is 0 Å². The van der Waals surface area contributed by atoms with E-state index in [1.807, 2.05) is 0 Å². The maximum atomic E-state index is 13.0. The number of nitrogens with one attached hydrogen (secondary N) is 1. The lowest BCUT2D eigenvalue weighted by Crippen LogP contribution is -2.42. The van der Waals surface area contributed by atoms with Gasteiger partial charge in [-0.25, -0.2) is 0 Å². The van der Waals surface area contributed by atoms with E-state index in [1.54, 1.807) is 19.1 Å². The molecule has 1 unspecified atom stereocenters. The van der Waals surface area contributed by atoms with Gasteiger partial charge < -0.3 is 14.8 Å². The fraction of sp³-hybridized carbons (Fsp3) is 0.294. The van der Waals surface area contributed by atoms with Gasteiger partial charge in [-0.05, 0) is 37.3 Å². The highest BCUT2D eigenvalue weighted by Crippen LogP contribution is 2.33. The van der Waals surface area contributed by atoms with Gasteiger partial charge in [0.1, 0.15) is 0 Å². The molecule has 0 saturated carbocycles. The number of hydrogen-bond donors (Lipinski definition) is 1. The van der Waals surface area contributed by atoms with Gasteiger partial charge in [-0.1, -0.05) is 6.58 Å². The molecule has 0 fully saturated rings. The molecule has 0 bridgehead atoms. The average Bonchev–Trinajstić information content (AvgIpc) is 3.07. The number of hydrogen-bond acceptors (Lipinski definition) is 4. The molecule has 1 atom stereocenters. The standard InChI is InChI=1S/C17H16F3N5O2/c1-3-13(26)21-12-6-4-11(5-7-12)15(27)24-8-9-25-14(10(24)2)22-23-16(25)17(18,19)20/h3-7,10H,1,8-9H2,2H3,(H,21,26). The number of halogens is 3. The lowest BCUT2D eigenvalue weighted by atomic mass is 10.1. The monoisotopic (exact) mass is 379 g/mol. The molecule has 0 aliphatic carbocycles. The largest absolute Gasteiger partial charge is 0.451 e. The molecule has 1 aromatic carbocycles. The molecule has 0 spiro atoms. The van der Waals surface area contributed by atoms with E-state index in [0.717, 1.165) is 10.6 Å². The normalized spacial score (nSPS) is 16.6. The van der Waals surface area contributed by atoms with Crippen LogP contribution in [-0.2, 0) is 17.5 Å². The van der Waals surface area contributed by atoms with E-state index in [9.17, 15) is 22.8 Å². The summed E-state index contributed by atoms with van der Waals surface area (Å²) in [6, 6.07) is 5.54. The number of fused-ring (bicyclic) bond motifs is 1. The number of carbonyl (C=O) groups excluding carboxylic acids is 2. The first-order chi connectivity index (χ1) is 12.7. The topological polar surface area (TPSA) is 80.1 Å². The molecule has 7 nitrogen and oxygen atoms in total. The second-order valence-corrected chi connectivity index (χ2v) is 5.98. The maximum absolute atomic E-state index is 13.0. The highest BCUT2D eigenvalue weighted by Gasteiger charge is 2.41. The second-order valence-electron chi connectivity index (χ2n) is 5.98. The molecule has 2 amide bonds. The zero-order chi connectivity index (χ0) is 19.8. The van der Waals surface area contributed by atoms with E-state index in [-0.39, 0.29) is 30.7 Å². The summed E-state index contributed by atoms with van der Waals surface area (Å²) >= 11 is 0. The summed E-state index contributed by atoms with van der Waals surface area (Å²) in [5.41, 5.74) is 0.847. The minimum atomic E-state index is -4.59. The first-order valence-electron chi connectivity index (χ1n) is 8.07. The predicted molar refractivity (Wildman–Crippen MR) is 89.7 cm³/mol. The highest BCUT2D eigenvalue weighted by molar-refractivity contribution is 5.99. The van der Waals surface area contributed by atoms with Gasteiger partial charge in [0.25, 0.3) is 5.91 Å². The van der Waals surface area contributed by atoms with Crippen LogP contribution in [0.5, 0.6) is 0 Å². The summed E-state index contributed by atoms with van der Waals surface area (Å²) in [7, 11) is 0. The minimum Gasteiger partial charge on any atom is -0.327 e. The van der Waals surface area contributed by atoms with Crippen LogP contribution >= 0.6 is 0 Å². The Hall–Kier alpha value is -3.17. The number of rotatable bonds is 3. The molecule has 0 saturated heterocycles. The summed E-state index contributed by atoms with van der Waals surface area (Å²) in [6.07, 6.45) is -3.47. The van der Waals surface area contributed by atoms with Crippen molar-refractivity contribution in [2.24, 2.45) is 0 Å². The fourth-order valence-corrected chi connectivity index (χ4v) is 2.93. The summed E-state index contributed by atoms with van der Waals surface area (Å²) in [4.78, 5) is 25.5. The number of benzene rings is 1. The highest BCUT2D eigenvalue weighted by atomic mass is 19.4. The Bertz CT molecular complexity index is 889. The molecule has 1 aliphatic rings. The Kier molecular flexibility index (Phi) is 4.73. The van der Waals surface area contributed by atoms with Gasteiger partial charge in [-0.2, -0.15) is 13.2 Å². The lowest BCUT2D eigenvalue weighted by molar-refractivity contribution is -0.148. The summed E-state index contributed by atoms with van der Waals surface area (Å²) in [5, 5.41) is 9.43. The van der Waals surface area contributed by atoms with Crippen LogP contribution in [0.2, 0.25) is 0 Å². The van der Waals surface area contributed by atoms with Gasteiger partial charge in [0.2, 0.25) is 11.7 Å². The van der Waals surface area contributed by atoms with Crippen molar-refractivity contribution < 1.29 is 22.8 Å². The summed E-state index contributed by atoms with van der Waals surface area (Å²) in [5.74, 6) is -1.68. The lowest BCUT2D eigenvalue weighted by Gasteiger charge is -2.34. The Morgan fingerprint density at radius 1 is 1.22 bits per heavy atom. The predicted octanol–water partition coefficient (Wildman–Crippen LogP) is 2.64. The van der Waals surface area contributed by atoms with Crippen LogP contribution in [0.4, 0.5) is 18.9 Å². The Labute approximate surface area is 152 Å². The molecule has 3 rings (SSSR count). The first-order valence-corrected chi connectivity index (χ1v) is 8.07. The Morgan fingerprint density at radius 2 is 1.89 bits per heavy atom. The van der Waals surface area contributed by atoms with Crippen molar-refractivity contribution in [1.82, 2.24) is 19.7 Å². The van der Waals surface area contributed by atoms with Crippen molar-refractivity contribution in [3.63, 3.8) is 0 Å². The molecule has 27 heavy (non-hydrogen) atoms. The smallest absolute Gasteiger partial charge is 0.327 e. The Morgan fingerprint density at radius 3 is 2.48 bits per heavy atom. The van der Waals surface area contributed by atoms with Crippen LogP contribution in [0.1, 0.15) is 35.0 Å². The van der Waals surface area contributed by atoms with Gasteiger partial charge in [0.05, 0.1) is 6.04 Å². The van der Waals surface area contributed by atoms with Crippen molar-refractivity contribution in [3.05, 3.63) is 54.1 Å². The molecule has 1 aromatic heterocycles. The summed E-state index contributed by atoms with van der Waals surface area (Å²) in [6.45, 7) is 5.02. The molecule has 0 radical (unpaired) electrons. The SMILES string of the molecule is C=CC(=O)Nc1ccc(C(=O)N2CCn3c(nnc3C(F)(F)F)C2C)cc1. The molecule has 2 aromatic rings. The molecule has 142 valence electrons. The van der Waals surface area contributed by atoms with Crippen LogP contribution in [0.25, 0.3) is 0 Å². The van der Waals surface area contributed by atoms with Crippen molar-refractivity contribution in [2.45, 2.75) is 25.7 Å². The zero-order valence-electron chi connectivity index (χ0n) is 14.3. The number of carbonyl (C=O) groups is 2. The van der Waals surface area contributed by atoms with E-state index >= 15 is 0 Å². The second kappa shape index (κ2) is 6.86. The third kappa shape index (κ3) is 3.55. The number of anilines is 1. The first kappa shape index (κ1) is 18.6. The van der Waals surface area contributed by atoms with Crippen molar-refractivity contribution in [3.8, 4) is 0 Å². The van der Waals surface area contributed by atoms with Gasteiger partial charge >= 0.3 is 6.18 Å². The van der Waals surface area contributed by atoms with E-state index in [2.05, 4.69) is 22.1 Å². The fourth-order valence-electron chi connectivity index (χ4n) is 2.93. The zero-order valence-corrected chi connectivity index (χ0v) is 14.3. The quantitative estimate of drug-likeness (QED) is 0.832. The molecular weight excluding hydrogens is 363 g/mol. The minimum absolute atomic E-state index is 0.0409. The van der Waals surface area contributed by atoms with Crippen molar-refractivity contribution in [2.75, 3.05) is 11.9 Å². The number of nitrogens with zero attached hydrogens (tertiary/aromatic N) is 4. The van der Waals surface area contributed by atoms with Gasteiger partial charge in [0, 0.05) is 24.3 Å². The summed E-state index contributed by atoms with van der Waals surface area (Å²) < 4.78 is 39.9. The van der Waals surface area contributed by atoms with E-state index in [0.29, 0.717) is 11.3 Å². The van der Waals surface area contributed by atoms with Crippen molar-refractivity contribution >= 4 is 17.5 Å². The average molecular weight is 379 g/mol. The Balaban J connectivity index is 1.79. The van der Waals surface area contributed by atoms with Gasteiger partial charge in [-0.15, -0.1) is 10.2 Å². The van der Waals surface area contributed by atoms with Gasteiger partial charge in [-0.3, -0.25) is 9.59 Å². The molecule has 10 heteroatoms. The third-order valence-electron chi connectivity index (χ3n) is 4.28. The molecule has 1 aliphatic heterocycles. The number of amides is 2. The van der Waals surface area contributed by atoms with Crippen LogP contribution in [0.3, 0.4) is 0 Å².